The second-order valence-electron chi connectivity index (χ2n) is 6.00. The number of methoxy groups -OCH3 is 1. The van der Waals surface area contributed by atoms with Crippen LogP contribution < -0.4 is 15.0 Å². The number of nitrogens with one attached hydrogen (secondary N) is 1. The second-order valence-corrected chi connectivity index (χ2v) is 6.00. The number of ether oxygens (including phenoxy) is 1. The average Bonchev–Trinajstić information content (AvgIpc) is 3.13. The number of pyridine rings is 1. The summed E-state index contributed by atoms with van der Waals surface area (Å²) in [7, 11) is 4.88. The Kier molecular flexibility index (Phi) is 5.35. The number of rotatable bonds is 6. The zero-order valence-electron chi connectivity index (χ0n) is 15.2. The largest absolute Gasteiger partial charge is 0.494 e. The molecule has 0 aliphatic rings. The first-order valence-electron chi connectivity index (χ1n) is 8.19. The van der Waals surface area contributed by atoms with Crippen LogP contribution in [-0.2, 0) is 6.54 Å². The minimum Gasteiger partial charge on any atom is -0.494 e. The molecule has 0 aliphatic heterocycles. The Morgan fingerprint density at radius 2 is 2.15 bits per heavy atom. The summed E-state index contributed by atoms with van der Waals surface area (Å²) in [5, 5.41) is 6.83. The molecule has 1 aromatic carbocycles. The van der Waals surface area contributed by atoms with E-state index < -0.39 is 5.82 Å². The van der Waals surface area contributed by atoms with E-state index in [9.17, 15) is 9.18 Å². The number of halogens is 1. The molecule has 1 amide bonds. The third kappa shape index (κ3) is 3.89. The molecule has 27 heavy (non-hydrogen) atoms. The molecule has 1 N–H and O–H groups in total. The SMILES string of the molecule is COc1cc(-c2onc(N(C)C)c2C(=O)NCc2cccnc2)ccc1F. The van der Waals surface area contributed by atoms with Crippen LogP contribution in [0.15, 0.2) is 47.2 Å². The molecular formula is C19H19FN4O3. The Hall–Kier alpha value is -3.42. The maximum atomic E-state index is 13.7. The van der Waals surface area contributed by atoms with Gasteiger partial charge in [0.1, 0.15) is 5.56 Å². The first-order valence-corrected chi connectivity index (χ1v) is 8.19. The van der Waals surface area contributed by atoms with Gasteiger partial charge in [-0.05, 0) is 29.8 Å². The average molecular weight is 370 g/mol. The lowest BCUT2D eigenvalue weighted by atomic mass is 10.1. The third-order valence-corrected chi connectivity index (χ3v) is 3.91. The molecule has 0 bridgehead atoms. The summed E-state index contributed by atoms with van der Waals surface area (Å²) in [4.78, 5) is 18.6. The van der Waals surface area contributed by atoms with Gasteiger partial charge >= 0.3 is 0 Å². The van der Waals surface area contributed by atoms with Crippen molar-refractivity contribution in [3.8, 4) is 17.1 Å². The lowest BCUT2D eigenvalue weighted by Crippen LogP contribution is -2.25. The summed E-state index contributed by atoms with van der Waals surface area (Å²) >= 11 is 0. The molecule has 140 valence electrons. The van der Waals surface area contributed by atoms with E-state index in [0.717, 1.165) is 5.56 Å². The monoisotopic (exact) mass is 370 g/mol. The fraction of sp³-hybridized carbons (Fsp3) is 0.211. The van der Waals surface area contributed by atoms with Gasteiger partial charge in [0.25, 0.3) is 5.91 Å². The van der Waals surface area contributed by atoms with E-state index in [-0.39, 0.29) is 23.0 Å². The first kappa shape index (κ1) is 18.4. The van der Waals surface area contributed by atoms with Crippen LogP contribution in [0, 0.1) is 5.82 Å². The van der Waals surface area contributed by atoms with Crippen LogP contribution in [0.25, 0.3) is 11.3 Å². The Labute approximate surface area is 155 Å². The van der Waals surface area contributed by atoms with Gasteiger partial charge in [-0.25, -0.2) is 4.39 Å². The summed E-state index contributed by atoms with van der Waals surface area (Å²) in [6.45, 7) is 0.302. The van der Waals surface area contributed by atoms with Gasteiger partial charge < -0.3 is 19.5 Å². The quantitative estimate of drug-likeness (QED) is 0.719. The second kappa shape index (κ2) is 7.86. The van der Waals surface area contributed by atoms with Crippen LogP contribution in [-0.4, -0.2) is 37.3 Å². The molecule has 7 nitrogen and oxygen atoms in total. The van der Waals surface area contributed by atoms with Crippen LogP contribution in [0.4, 0.5) is 10.2 Å². The Bertz CT molecular complexity index is 941. The van der Waals surface area contributed by atoms with Crippen LogP contribution in [0.5, 0.6) is 5.75 Å². The molecule has 0 unspecified atom stereocenters. The number of hydrogen-bond donors (Lipinski definition) is 1. The summed E-state index contributed by atoms with van der Waals surface area (Å²) in [6.07, 6.45) is 3.34. The molecular weight excluding hydrogens is 351 g/mol. The van der Waals surface area contributed by atoms with Crippen molar-refractivity contribution in [3.05, 3.63) is 59.7 Å². The molecule has 3 rings (SSSR count). The van der Waals surface area contributed by atoms with Gasteiger partial charge in [0.05, 0.1) is 7.11 Å². The number of carbonyl (C=O) groups is 1. The van der Waals surface area contributed by atoms with Crippen LogP contribution in [0.3, 0.4) is 0 Å². The van der Waals surface area contributed by atoms with Crippen molar-refractivity contribution in [1.82, 2.24) is 15.5 Å². The Morgan fingerprint density at radius 1 is 1.33 bits per heavy atom. The van der Waals surface area contributed by atoms with Gasteiger partial charge in [0.2, 0.25) is 0 Å². The summed E-state index contributed by atoms with van der Waals surface area (Å²) in [5.74, 6) is -0.201. The third-order valence-electron chi connectivity index (χ3n) is 3.91. The van der Waals surface area contributed by atoms with Crippen molar-refractivity contribution >= 4 is 11.7 Å². The molecule has 3 aromatic rings. The molecule has 0 fully saturated rings. The van der Waals surface area contributed by atoms with Crippen LogP contribution in [0.2, 0.25) is 0 Å². The highest BCUT2D eigenvalue weighted by molar-refractivity contribution is 6.04. The molecule has 2 aromatic heterocycles. The smallest absolute Gasteiger partial charge is 0.259 e. The maximum Gasteiger partial charge on any atom is 0.259 e. The minimum absolute atomic E-state index is 0.0528. The van der Waals surface area contributed by atoms with Crippen molar-refractivity contribution in [2.24, 2.45) is 0 Å². The predicted molar refractivity (Wildman–Crippen MR) is 98.2 cm³/mol. The van der Waals surface area contributed by atoms with Gasteiger partial charge in [0, 0.05) is 38.6 Å². The number of carbonyl (C=O) groups excluding carboxylic acids is 1. The van der Waals surface area contributed by atoms with Crippen molar-refractivity contribution in [2.45, 2.75) is 6.54 Å². The molecule has 2 heterocycles. The Balaban J connectivity index is 1.95. The number of nitrogens with zero attached hydrogens (tertiary/aromatic N) is 3. The van der Waals surface area contributed by atoms with Gasteiger partial charge in [-0.15, -0.1) is 0 Å². The summed E-state index contributed by atoms with van der Waals surface area (Å²) < 4.78 is 24.1. The molecule has 0 atom stereocenters. The molecule has 0 saturated heterocycles. The molecule has 0 aliphatic carbocycles. The zero-order valence-corrected chi connectivity index (χ0v) is 15.2. The number of amides is 1. The van der Waals surface area contributed by atoms with E-state index >= 15 is 0 Å². The highest BCUT2D eigenvalue weighted by Crippen LogP contribution is 2.33. The highest BCUT2D eigenvalue weighted by atomic mass is 19.1. The minimum atomic E-state index is -0.504. The van der Waals surface area contributed by atoms with Crippen molar-refractivity contribution < 1.29 is 18.4 Å². The number of benzene rings is 1. The molecule has 0 radical (unpaired) electrons. The van der Waals surface area contributed by atoms with Gasteiger partial charge in [-0.1, -0.05) is 11.2 Å². The van der Waals surface area contributed by atoms with E-state index in [0.29, 0.717) is 17.9 Å². The topological polar surface area (TPSA) is 80.5 Å². The fourth-order valence-corrected chi connectivity index (χ4v) is 2.56. The number of hydrogen-bond acceptors (Lipinski definition) is 6. The maximum absolute atomic E-state index is 13.7. The lowest BCUT2D eigenvalue weighted by molar-refractivity contribution is 0.0951. The number of aromatic nitrogens is 2. The normalized spacial score (nSPS) is 10.5. The summed E-state index contributed by atoms with van der Waals surface area (Å²) in [6, 6.07) is 7.88. The van der Waals surface area contributed by atoms with Gasteiger partial charge in [-0.3, -0.25) is 9.78 Å². The Morgan fingerprint density at radius 3 is 2.81 bits per heavy atom. The summed E-state index contributed by atoms with van der Waals surface area (Å²) in [5.41, 5.74) is 1.61. The standard InChI is InChI=1S/C19H19FN4O3/c1-24(2)18-16(19(25)22-11-12-5-4-8-21-10-12)17(27-23-18)13-6-7-14(20)15(9-13)26-3/h4-10H,11H2,1-3H3,(H,22,25). The van der Waals surface area contributed by atoms with Crippen molar-refractivity contribution in [2.75, 3.05) is 26.1 Å². The van der Waals surface area contributed by atoms with Crippen molar-refractivity contribution in [3.63, 3.8) is 0 Å². The molecule has 0 saturated carbocycles. The predicted octanol–water partition coefficient (Wildman–Crippen LogP) is 2.88. The first-order chi connectivity index (χ1) is 13.0. The zero-order chi connectivity index (χ0) is 19.4. The van der Waals surface area contributed by atoms with E-state index in [1.165, 1.54) is 25.3 Å². The van der Waals surface area contributed by atoms with Gasteiger partial charge in [-0.2, -0.15) is 0 Å². The molecule has 8 heteroatoms. The van der Waals surface area contributed by atoms with Crippen LogP contribution in [0.1, 0.15) is 15.9 Å². The highest BCUT2D eigenvalue weighted by Gasteiger charge is 2.26. The lowest BCUT2D eigenvalue weighted by Gasteiger charge is -2.11. The van der Waals surface area contributed by atoms with Crippen LogP contribution >= 0.6 is 0 Å². The molecule has 0 spiro atoms. The number of anilines is 1. The van der Waals surface area contributed by atoms with Gasteiger partial charge in [0.15, 0.2) is 23.1 Å². The fourth-order valence-electron chi connectivity index (χ4n) is 2.56. The van der Waals surface area contributed by atoms with E-state index in [4.69, 9.17) is 9.26 Å². The van der Waals surface area contributed by atoms with Crippen molar-refractivity contribution in [1.29, 1.82) is 0 Å². The van der Waals surface area contributed by atoms with E-state index in [1.54, 1.807) is 37.5 Å². The van der Waals surface area contributed by atoms with E-state index in [1.807, 2.05) is 6.07 Å². The van der Waals surface area contributed by atoms with E-state index in [2.05, 4.69) is 15.5 Å².